The standard InChI is InChI=1S/C11H20FNO2/c12-4-2-1-3-11(14)5-9-7-15-8-10(6-11)13-9/h9-10,13-14H,1-8H2. The molecule has 0 aromatic heterocycles. The molecule has 0 radical (unpaired) electrons. The van der Waals surface area contributed by atoms with Crippen molar-refractivity contribution in [2.24, 2.45) is 0 Å². The summed E-state index contributed by atoms with van der Waals surface area (Å²) in [5, 5.41) is 13.8. The highest BCUT2D eigenvalue weighted by Crippen LogP contribution is 2.31. The Balaban J connectivity index is 1.85. The Morgan fingerprint density at radius 3 is 2.53 bits per heavy atom. The van der Waals surface area contributed by atoms with E-state index in [2.05, 4.69) is 5.32 Å². The molecule has 4 heteroatoms. The Morgan fingerprint density at radius 1 is 1.27 bits per heavy atom. The van der Waals surface area contributed by atoms with E-state index in [-0.39, 0.29) is 18.8 Å². The minimum atomic E-state index is -0.584. The summed E-state index contributed by atoms with van der Waals surface area (Å²) in [4.78, 5) is 0. The minimum absolute atomic E-state index is 0.274. The highest BCUT2D eigenvalue weighted by molar-refractivity contribution is 4.96. The Labute approximate surface area is 90.0 Å². The van der Waals surface area contributed by atoms with Crippen LogP contribution in [0, 0.1) is 0 Å². The van der Waals surface area contributed by atoms with Gasteiger partial charge in [-0.15, -0.1) is 0 Å². The van der Waals surface area contributed by atoms with Crippen LogP contribution in [0.5, 0.6) is 0 Å². The molecule has 0 aromatic rings. The van der Waals surface area contributed by atoms with Gasteiger partial charge in [-0.2, -0.15) is 0 Å². The van der Waals surface area contributed by atoms with Crippen molar-refractivity contribution in [2.45, 2.75) is 49.8 Å². The van der Waals surface area contributed by atoms with Crippen LogP contribution in [0.1, 0.15) is 32.1 Å². The van der Waals surface area contributed by atoms with Crippen LogP contribution in [-0.4, -0.2) is 42.7 Å². The van der Waals surface area contributed by atoms with Crippen molar-refractivity contribution in [1.29, 1.82) is 0 Å². The second-order valence-corrected chi connectivity index (χ2v) is 4.88. The maximum Gasteiger partial charge on any atom is 0.0894 e. The molecule has 0 spiro atoms. The van der Waals surface area contributed by atoms with E-state index in [1.54, 1.807) is 0 Å². The molecule has 2 aliphatic rings. The Kier molecular flexibility index (Phi) is 3.59. The summed E-state index contributed by atoms with van der Waals surface area (Å²) in [7, 11) is 0. The zero-order valence-corrected chi connectivity index (χ0v) is 9.04. The second-order valence-electron chi connectivity index (χ2n) is 4.88. The Hall–Kier alpha value is -0.190. The van der Waals surface area contributed by atoms with Gasteiger partial charge in [-0.3, -0.25) is 4.39 Å². The van der Waals surface area contributed by atoms with Crippen LogP contribution in [0.4, 0.5) is 4.39 Å². The summed E-state index contributed by atoms with van der Waals surface area (Å²) >= 11 is 0. The van der Waals surface area contributed by atoms with Crippen LogP contribution in [0.25, 0.3) is 0 Å². The summed E-state index contributed by atoms with van der Waals surface area (Å²) in [5.74, 6) is 0. The maximum absolute atomic E-state index is 12.0. The first-order valence-corrected chi connectivity index (χ1v) is 5.84. The van der Waals surface area contributed by atoms with Gasteiger partial charge in [-0.05, 0) is 32.1 Å². The number of rotatable bonds is 4. The highest BCUT2D eigenvalue weighted by Gasteiger charge is 2.40. The van der Waals surface area contributed by atoms with E-state index in [4.69, 9.17) is 4.74 Å². The molecule has 0 amide bonds. The monoisotopic (exact) mass is 217 g/mol. The number of hydrogen-bond donors (Lipinski definition) is 2. The van der Waals surface area contributed by atoms with Crippen LogP contribution in [0.2, 0.25) is 0 Å². The van der Waals surface area contributed by atoms with Gasteiger partial charge in [0.2, 0.25) is 0 Å². The SMILES string of the molecule is OC1(CCCCF)CC2COCC(C1)N2. The van der Waals surface area contributed by atoms with E-state index in [0.717, 1.165) is 25.7 Å². The number of piperidine rings is 1. The lowest BCUT2D eigenvalue weighted by atomic mass is 9.80. The number of alkyl halides is 1. The predicted octanol–water partition coefficient (Wildman–Crippen LogP) is 1.01. The van der Waals surface area contributed by atoms with Crippen molar-refractivity contribution in [3.8, 4) is 0 Å². The molecule has 2 heterocycles. The van der Waals surface area contributed by atoms with Crippen LogP contribution < -0.4 is 5.32 Å². The first kappa shape index (κ1) is 11.3. The lowest BCUT2D eigenvalue weighted by molar-refractivity contribution is -0.0808. The first-order chi connectivity index (χ1) is 7.22. The number of morpholine rings is 1. The quantitative estimate of drug-likeness (QED) is 0.690. The zero-order chi connectivity index (χ0) is 10.7. The Morgan fingerprint density at radius 2 is 1.93 bits per heavy atom. The normalized spacial score (nSPS) is 40.4. The summed E-state index contributed by atoms with van der Waals surface area (Å²) in [6.07, 6.45) is 3.58. The molecule has 2 atom stereocenters. The van der Waals surface area contributed by atoms with E-state index in [1.165, 1.54) is 0 Å². The van der Waals surface area contributed by atoms with Crippen molar-refractivity contribution < 1.29 is 14.2 Å². The van der Waals surface area contributed by atoms with Gasteiger partial charge in [0.05, 0.1) is 25.5 Å². The van der Waals surface area contributed by atoms with Gasteiger partial charge in [0.25, 0.3) is 0 Å². The van der Waals surface area contributed by atoms with Crippen LogP contribution in [-0.2, 0) is 4.74 Å². The molecule has 2 rings (SSSR count). The predicted molar refractivity (Wildman–Crippen MR) is 55.5 cm³/mol. The van der Waals surface area contributed by atoms with Gasteiger partial charge in [-0.1, -0.05) is 0 Å². The van der Waals surface area contributed by atoms with E-state index < -0.39 is 5.60 Å². The number of fused-ring (bicyclic) bond motifs is 2. The van der Waals surface area contributed by atoms with Gasteiger partial charge in [-0.25, -0.2) is 0 Å². The number of aliphatic hydroxyl groups is 1. The van der Waals surface area contributed by atoms with Crippen molar-refractivity contribution in [1.82, 2.24) is 5.32 Å². The molecular weight excluding hydrogens is 197 g/mol. The van der Waals surface area contributed by atoms with Crippen molar-refractivity contribution in [3.63, 3.8) is 0 Å². The van der Waals surface area contributed by atoms with Crippen molar-refractivity contribution >= 4 is 0 Å². The average Bonchev–Trinajstić information content (AvgIpc) is 2.17. The van der Waals surface area contributed by atoms with Gasteiger partial charge < -0.3 is 15.2 Å². The number of hydrogen-bond acceptors (Lipinski definition) is 3. The number of halogens is 1. The molecule has 0 aliphatic carbocycles. The van der Waals surface area contributed by atoms with E-state index in [9.17, 15) is 9.50 Å². The molecular formula is C11H20FNO2. The molecule has 2 aliphatic heterocycles. The minimum Gasteiger partial charge on any atom is -0.390 e. The van der Waals surface area contributed by atoms with Crippen LogP contribution in [0.3, 0.4) is 0 Å². The van der Waals surface area contributed by atoms with E-state index in [0.29, 0.717) is 19.6 Å². The van der Waals surface area contributed by atoms with Crippen LogP contribution >= 0.6 is 0 Å². The molecule has 2 N–H and O–H groups in total. The Bertz CT molecular complexity index is 201. The second kappa shape index (κ2) is 4.76. The molecule has 2 saturated heterocycles. The smallest absolute Gasteiger partial charge is 0.0894 e. The summed E-state index contributed by atoms with van der Waals surface area (Å²) in [5.41, 5.74) is -0.584. The molecule has 0 saturated carbocycles. The lowest BCUT2D eigenvalue weighted by Crippen LogP contribution is -2.59. The van der Waals surface area contributed by atoms with Crippen molar-refractivity contribution in [3.05, 3.63) is 0 Å². The fourth-order valence-corrected chi connectivity index (χ4v) is 2.77. The molecule has 0 aromatic carbocycles. The van der Waals surface area contributed by atoms with Gasteiger partial charge in [0.15, 0.2) is 0 Å². The topological polar surface area (TPSA) is 41.5 Å². The number of ether oxygens (including phenoxy) is 1. The third-order valence-electron chi connectivity index (χ3n) is 3.39. The molecule has 88 valence electrons. The van der Waals surface area contributed by atoms with Gasteiger partial charge >= 0.3 is 0 Å². The third kappa shape index (κ3) is 2.89. The maximum atomic E-state index is 12.0. The largest absolute Gasteiger partial charge is 0.390 e. The summed E-state index contributed by atoms with van der Waals surface area (Å²) in [6, 6.07) is 0.570. The summed E-state index contributed by atoms with van der Waals surface area (Å²) < 4.78 is 17.4. The van der Waals surface area contributed by atoms with Crippen molar-refractivity contribution in [2.75, 3.05) is 19.9 Å². The lowest BCUT2D eigenvalue weighted by Gasteiger charge is -2.45. The van der Waals surface area contributed by atoms with E-state index >= 15 is 0 Å². The zero-order valence-electron chi connectivity index (χ0n) is 9.04. The first-order valence-electron chi connectivity index (χ1n) is 5.84. The fraction of sp³-hybridized carbons (Fsp3) is 1.00. The fourth-order valence-electron chi connectivity index (χ4n) is 2.77. The molecule has 3 nitrogen and oxygen atoms in total. The van der Waals surface area contributed by atoms with Gasteiger partial charge in [0.1, 0.15) is 0 Å². The molecule has 15 heavy (non-hydrogen) atoms. The average molecular weight is 217 g/mol. The van der Waals surface area contributed by atoms with E-state index in [1.807, 2.05) is 0 Å². The van der Waals surface area contributed by atoms with Gasteiger partial charge in [0, 0.05) is 12.1 Å². The number of nitrogens with one attached hydrogen (secondary N) is 1. The molecule has 2 fully saturated rings. The molecule has 2 bridgehead atoms. The summed E-state index contributed by atoms with van der Waals surface area (Å²) in [6.45, 7) is 1.12. The molecule has 2 unspecified atom stereocenters. The van der Waals surface area contributed by atoms with Crippen LogP contribution in [0.15, 0.2) is 0 Å². The number of unbranched alkanes of at least 4 members (excludes halogenated alkanes) is 1. The third-order valence-corrected chi connectivity index (χ3v) is 3.39. The highest BCUT2D eigenvalue weighted by atomic mass is 19.1.